The molecule has 132 valence electrons. The van der Waals surface area contributed by atoms with E-state index in [4.69, 9.17) is 14.3 Å². The van der Waals surface area contributed by atoms with Gasteiger partial charge in [-0.05, 0) is 30.9 Å². The zero-order valence-corrected chi connectivity index (χ0v) is 14.4. The minimum atomic E-state index is -0.385. The van der Waals surface area contributed by atoms with Crippen LogP contribution in [0.5, 0.6) is 0 Å². The lowest BCUT2D eigenvalue weighted by Crippen LogP contribution is -2.53. The number of fused-ring (bicyclic) bond motifs is 2. The molecule has 5 atom stereocenters. The zero-order valence-electron chi connectivity index (χ0n) is 14.4. The van der Waals surface area contributed by atoms with Crippen LogP contribution in [0.15, 0.2) is 42.5 Å². The Morgan fingerprint density at radius 3 is 2.75 bits per heavy atom. The number of benzene rings is 1. The molecule has 2 aliphatic heterocycles. The highest BCUT2D eigenvalue weighted by Crippen LogP contribution is 2.33. The van der Waals surface area contributed by atoms with Gasteiger partial charge in [-0.25, -0.2) is 0 Å². The van der Waals surface area contributed by atoms with Crippen LogP contribution in [0.2, 0.25) is 0 Å². The van der Waals surface area contributed by atoms with Crippen molar-refractivity contribution < 1.29 is 19.4 Å². The third-order valence-electron chi connectivity index (χ3n) is 4.73. The van der Waals surface area contributed by atoms with Crippen molar-refractivity contribution in [2.45, 2.75) is 57.3 Å². The van der Waals surface area contributed by atoms with Gasteiger partial charge in [-0.1, -0.05) is 43.8 Å². The van der Waals surface area contributed by atoms with E-state index in [1.165, 1.54) is 5.56 Å². The molecule has 24 heavy (non-hydrogen) atoms. The van der Waals surface area contributed by atoms with Crippen molar-refractivity contribution >= 4 is 0 Å². The molecule has 3 rings (SSSR count). The summed E-state index contributed by atoms with van der Waals surface area (Å²) in [6, 6.07) is 10.2. The normalized spacial score (nSPS) is 31.1. The van der Waals surface area contributed by atoms with E-state index in [9.17, 15) is 5.11 Å². The number of hydrogen-bond acceptors (Lipinski definition) is 5. The van der Waals surface area contributed by atoms with Crippen LogP contribution in [0, 0.1) is 0 Å². The summed E-state index contributed by atoms with van der Waals surface area (Å²) in [5, 5.41) is 11.5. The van der Waals surface area contributed by atoms with E-state index in [0.717, 1.165) is 18.4 Å². The Labute approximate surface area is 143 Å². The van der Waals surface area contributed by atoms with Gasteiger partial charge in [0.25, 0.3) is 0 Å². The summed E-state index contributed by atoms with van der Waals surface area (Å²) in [5.74, 6) is 0. The summed E-state index contributed by atoms with van der Waals surface area (Å²) in [4.78, 5) is 6.25. The standard InChI is InChI=1S/C19H27NO4/c1-4-16(13(2)3)24-20-11-17-18(12-21)23-19(22-17)15(20)10-14-8-6-5-7-9-14/h5-9,15-19,21H,2,4,10-12H2,1,3H3/t15-,16-,17+,18+,19+/m1/s1. The Balaban J connectivity index is 1.78. The Morgan fingerprint density at radius 2 is 2.12 bits per heavy atom. The van der Waals surface area contributed by atoms with Crippen molar-refractivity contribution in [3.63, 3.8) is 0 Å². The lowest BCUT2D eigenvalue weighted by atomic mass is 10.0. The SMILES string of the molecule is C=C(C)[C@@H](CC)ON1C[C@@H]2O[C@@H](O[C@H]2CO)[C@H]1Cc1ccccc1. The van der Waals surface area contributed by atoms with Gasteiger partial charge in [0.1, 0.15) is 12.2 Å². The molecule has 2 bridgehead atoms. The molecule has 0 saturated carbocycles. The van der Waals surface area contributed by atoms with E-state index in [1.54, 1.807) is 0 Å². The maximum atomic E-state index is 9.51. The van der Waals surface area contributed by atoms with E-state index in [1.807, 2.05) is 30.2 Å². The van der Waals surface area contributed by atoms with E-state index < -0.39 is 0 Å². The Bertz CT molecular complexity index is 550. The van der Waals surface area contributed by atoms with Gasteiger partial charge in [-0.15, -0.1) is 0 Å². The van der Waals surface area contributed by atoms with Crippen molar-refractivity contribution in [3.8, 4) is 0 Å². The molecule has 0 spiro atoms. The van der Waals surface area contributed by atoms with Gasteiger partial charge < -0.3 is 14.6 Å². The molecule has 2 heterocycles. The minimum absolute atomic E-state index is 0.0200. The summed E-state index contributed by atoms with van der Waals surface area (Å²) in [7, 11) is 0. The maximum absolute atomic E-state index is 9.51. The van der Waals surface area contributed by atoms with Gasteiger partial charge in [0.15, 0.2) is 6.29 Å². The highest BCUT2D eigenvalue weighted by Gasteiger charge is 2.48. The Morgan fingerprint density at radius 1 is 1.38 bits per heavy atom. The predicted molar refractivity (Wildman–Crippen MR) is 91.2 cm³/mol. The number of nitrogens with zero attached hydrogens (tertiary/aromatic N) is 1. The molecule has 1 aromatic rings. The first kappa shape index (κ1) is 17.6. The molecule has 0 aromatic heterocycles. The van der Waals surface area contributed by atoms with Gasteiger partial charge in [-0.3, -0.25) is 4.84 Å². The first-order chi connectivity index (χ1) is 11.6. The van der Waals surface area contributed by atoms with E-state index in [-0.39, 0.29) is 37.3 Å². The van der Waals surface area contributed by atoms with Gasteiger partial charge >= 0.3 is 0 Å². The number of ether oxygens (including phenoxy) is 2. The lowest BCUT2D eigenvalue weighted by molar-refractivity contribution is -0.283. The highest BCUT2D eigenvalue weighted by molar-refractivity contribution is 5.16. The monoisotopic (exact) mass is 333 g/mol. The largest absolute Gasteiger partial charge is 0.394 e. The molecule has 0 aliphatic carbocycles. The van der Waals surface area contributed by atoms with Crippen LogP contribution >= 0.6 is 0 Å². The third-order valence-corrected chi connectivity index (χ3v) is 4.73. The van der Waals surface area contributed by atoms with Crippen molar-refractivity contribution in [3.05, 3.63) is 48.0 Å². The zero-order chi connectivity index (χ0) is 17.1. The van der Waals surface area contributed by atoms with E-state index >= 15 is 0 Å². The van der Waals surface area contributed by atoms with Gasteiger partial charge in [0.05, 0.1) is 25.3 Å². The van der Waals surface area contributed by atoms with E-state index in [0.29, 0.717) is 6.54 Å². The molecular weight excluding hydrogens is 306 g/mol. The smallest absolute Gasteiger partial charge is 0.176 e. The maximum Gasteiger partial charge on any atom is 0.176 e. The molecule has 0 radical (unpaired) electrons. The number of rotatable bonds is 7. The molecular formula is C19H27NO4. The van der Waals surface area contributed by atoms with Crippen molar-refractivity contribution in [1.29, 1.82) is 0 Å². The second kappa shape index (κ2) is 7.76. The Hall–Kier alpha value is -1.24. The predicted octanol–water partition coefficient (Wildman–Crippen LogP) is 2.30. The number of hydroxylamine groups is 2. The van der Waals surface area contributed by atoms with Gasteiger partial charge in [0.2, 0.25) is 0 Å². The van der Waals surface area contributed by atoms with Crippen molar-refractivity contribution in [1.82, 2.24) is 5.06 Å². The van der Waals surface area contributed by atoms with Crippen LogP contribution in [0.4, 0.5) is 0 Å². The number of hydrogen-bond donors (Lipinski definition) is 1. The summed E-state index contributed by atoms with van der Waals surface area (Å²) in [6.07, 6.45) is 0.784. The molecule has 2 saturated heterocycles. The van der Waals surface area contributed by atoms with Crippen LogP contribution in [-0.2, 0) is 20.7 Å². The fourth-order valence-electron chi connectivity index (χ4n) is 3.35. The third kappa shape index (κ3) is 3.71. The molecule has 1 aromatic carbocycles. The fraction of sp³-hybridized carbons (Fsp3) is 0.579. The Kier molecular flexibility index (Phi) is 5.69. The average Bonchev–Trinajstić information content (AvgIpc) is 2.94. The quantitative estimate of drug-likeness (QED) is 0.776. The number of aliphatic hydroxyl groups is 1. The van der Waals surface area contributed by atoms with Gasteiger partial charge in [0, 0.05) is 0 Å². The summed E-state index contributed by atoms with van der Waals surface area (Å²) < 4.78 is 11.9. The van der Waals surface area contributed by atoms with Gasteiger partial charge in [-0.2, -0.15) is 5.06 Å². The average molecular weight is 333 g/mol. The van der Waals surface area contributed by atoms with Crippen LogP contribution in [0.25, 0.3) is 0 Å². The second-order valence-electron chi connectivity index (χ2n) is 6.61. The topological polar surface area (TPSA) is 51.2 Å². The molecule has 0 unspecified atom stereocenters. The highest BCUT2D eigenvalue weighted by atomic mass is 16.8. The van der Waals surface area contributed by atoms with E-state index in [2.05, 4.69) is 25.6 Å². The van der Waals surface area contributed by atoms with Crippen molar-refractivity contribution in [2.24, 2.45) is 0 Å². The molecule has 5 nitrogen and oxygen atoms in total. The lowest BCUT2D eigenvalue weighted by Gasteiger charge is -2.39. The van der Waals surface area contributed by atoms with Crippen LogP contribution in [0.3, 0.4) is 0 Å². The number of morpholine rings is 1. The first-order valence-electron chi connectivity index (χ1n) is 8.66. The molecule has 2 fully saturated rings. The minimum Gasteiger partial charge on any atom is -0.394 e. The second-order valence-corrected chi connectivity index (χ2v) is 6.61. The molecule has 0 amide bonds. The summed E-state index contributed by atoms with van der Waals surface area (Å²) >= 11 is 0. The number of aliphatic hydroxyl groups excluding tert-OH is 1. The molecule has 5 heteroatoms. The molecule has 1 N–H and O–H groups in total. The fourth-order valence-corrected chi connectivity index (χ4v) is 3.35. The van der Waals surface area contributed by atoms with Crippen LogP contribution in [0.1, 0.15) is 25.8 Å². The summed E-state index contributed by atoms with van der Waals surface area (Å²) in [5.41, 5.74) is 2.21. The summed E-state index contributed by atoms with van der Waals surface area (Å²) in [6.45, 7) is 8.66. The van der Waals surface area contributed by atoms with Crippen LogP contribution < -0.4 is 0 Å². The molecule has 2 aliphatic rings. The van der Waals surface area contributed by atoms with Crippen LogP contribution in [-0.4, -0.2) is 54.0 Å². The van der Waals surface area contributed by atoms with Crippen molar-refractivity contribution in [2.75, 3.05) is 13.2 Å². The first-order valence-corrected chi connectivity index (χ1v) is 8.66.